The largest absolute Gasteiger partial charge is 0.444 e. The van der Waals surface area contributed by atoms with E-state index in [2.05, 4.69) is 10.6 Å². The quantitative estimate of drug-likeness (QED) is 0.584. The first-order valence-electron chi connectivity index (χ1n) is 10.4. The molecule has 1 atom stereocenters. The summed E-state index contributed by atoms with van der Waals surface area (Å²) in [5.74, 6) is -0.955. The highest BCUT2D eigenvalue weighted by Gasteiger charge is 2.31. The molecule has 0 fully saturated rings. The van der Waals surface area contributed by atoms with Crippen LogP contribution in [-0.2, 0) is 14.3 Å². The summed E-state index contributed by atoms with van der Waals surface area (Å²) in [4.78, 5) is 39.5. The van der Waals surface area contributed by atoms with E-state index in [0.29, 0.717) is 11.3 Å². The second kappa shape index (κ2) is 11.3. The molecule has 2 aromatic carbocycles. The van der Waals surface area contributed by atoms with Crippen LogP contribution < -0.4 is 10.6 Å². The highest BCUT2D eigenvalue weighted by Crippen LogP contribution is 2.24. The predicted octanol–water partition coefficient (Wildman–Crippen LogP) is 3.02. The maximum Gasteiger partial charge on any atom is 0.408 e. The van der Waals surface area contributed by atoms with Crippen molar-refractivity contribution >= 4 is 23.6 Å². The molecule has 0 bridgehead atoms. The van der Waals surface area contributed by atoms with Crippen LogP contribution in [0.15, 0.2) is 54.6 Å². The molecule has 172 valence electrons. The fraction of sp³-hybridized carbons (Fsp3) is 0.375. The molecule has 0 aromatic heterocycles. The van der Waals surface area contributed by atoms with Crippen LogP contribution in [0.1, 0.15) is 37.9 Å². The maximum atomic E-state index is 13.3. The monoisotopic (exact) mass is 441 g/mol. The summed E-state index contributed by atoms with van der Waals surface area (Å²) in [5, 5.41) is 14.9. The minimum atomic E-state index is -1.00. The molecule has 0 radical (unpaired) electrons. The molecule has 1 unspecified atom stereocenters. The third-order valence-corrected chi connectivity index (χ3v) is 4.52. The number of hydrogen-bond donors (Lipinski definition) is 3. The van der Waals surface area contributed by atoms with E-state index >= 15 is 0 Å². The van der Waals surface area contributed by atoms with Crippen molar-refractivity contribution in [3.63, 3.8) is 0 Å². The van der Waals surface area contributed by atoms with Crippen molar-refractivity contribution < 1.29 is 24.2 Å². The van der Waals surface area contributed by atoms with Crippen molar-refractivity contribution in [3.8, 4) is 0 Å². The molecule has 32 heavy (non-hydrogen) atoms. The van der Waals surface area contributed by atoms with E-state index in [9.17, 15) is 19.5 Å². The molecule has 0 spiro atoms. The van der Waals surface area contributed by atoms with Gasteiger partial charge >= 0.3 is 6.09 Å². The van der Waals surface area contributed by atoms with Gasteiger partial charge in [-0.1, -0.05) is 48.5 Å². The molecule has 8 heteroatoms. The lowest BCUT2D eigenvalue weighted by Crippen LogP contribution is -2.47. The van der Waals surface area contributed by atoms with Gasteiger partial charge in [-0.2, -0.15) is 0 Å². The maximum absolute atomic E-state index is 13.3. The van der Waals surface area contributed by atoms with Crippen LogP contribution in [0.4, 0.5) is 10.5 Å². The van der Waals surface area contributed by atoms with Gasteiger partial charge in [-0.3, -0.25) is 9.59 Å². The number of anilines is 1. The summed E-state index contributed by atoms with van der Waals surface area (Å²) in [6, 6.07) is 15.1. The Kier molecular flexibility index (Phi) is 8.78. The molecule has 0 heterocycles. The number of aliphatic hydroxyl groups is 1. The first kappa shape index (κ1) is 24.9. The number of rotatable bonds is 8. The molecular formula is C24H31N3O5. The number of ether oxygens (including phenoxy) is 1. The summed E-state index contributed by atoms with van der Waals surface area (Å²) in [5.41, 5.74) is 1.37. The zero-order valence-corrected chi connectivity index (χ0v) is 18.9. The molecule has 2 aromatic rings. The zero-order valence-electron chi connectivity index (χ0n) is 18.9. The van der Waals surface area contributed by atoms with E-state index < -0.39 is 29.6 Å². The number of amides is 3. The number of carbonyl (C=O) groups is 3. The number of aliphatic hydroxyl groups excluding tert-OH is 1. The van der Waals surface area contributed by atoms with Gasteiger partial charge in [-0.05, 0) is 44.9 Å². The SMILES string of the molecule is Cc1ccccc1NC(=O)C(c1ccccc1)N(CCO)C(=O)CNC(=O)OC(C)(C)C. The van der Waals surface area contributed by atoms with Crippen molar-refractivity contribution in [2.24, 2.45) is 0 Å². The normalized spacial score (nSPS) is 11.9. The van der Waals surface area contributed by atoms with Gasteiger partial charge in [0, 0.05) is 12.2 Å². The van der Waals surface area contributed by atoms with E-state index in [-0.39, 0.29) is 19.7 Å². The Morgan fingerprint density at radius 1 is 1.03 bits per heavy atom. The Bertz CT molecular complexity index is 925. The molecule has 0 aliphatic heterocycles. The number of para-hydroxylation sites is 1. The lowest BCUT2D eigenvalue weighted by molar-refractivity contribution is -0.138. The molecular weight excluding hydrogens is 410 g/mol. The van der Waals surface area contributed by atoms with Crippen molar-refractivity contribution in [3.05, 3.63) is 65.7 Å². The molecule has 0 saturated carbocycles. The van der Waals surface area contributed by atoms with E-state index in [1.807, 2.05) is 31.2 Å². The van der Waals surface area contributed by atoms with Gasteiger partial charge < -0.3 is 25.4 Å². The average molecular weight is 442 g/mol. The first-order valence-corrected chi connectivity index (χ1v) is 10.4. The van der Waals surface area contributed by atoms with Gasteiger partial charge in [0.25, 0.3) is 5.91 Å². The minimum absolute atomic E-state index is 0.0877. The van der Waals surface area contributed by atoms with Gasteiger partial charge in [0.15, 0.2) is 0 Å². The molecule has 2 rings (SSSR count). The van der Waals surface area contributed by atoms with Crippen LogP contribution in [0, 0.1) is 6.92 Å². The number of carbonyl (C=O) groups excluding carboxylic acids is 3. The van der Waals surface area contributed by atoms with Crippen molar-refractivity contribution in [2.45, 2.75) is 39.3 Å². The summed E-state index contributed by atoms with van der Waals surface area (Å²) in [6.07, 6.45) is -0.740. The lowest BCUT2D eigenvalue weighted by atomic mass is 10.0. The van der Waals surface area contributed by atoms with Crippen LogP contribution in [-0.4, -0.2) is 53.2 Å². The van der Waals surface area contributed by atoms with Crippen LogP contribution in [0.3, 0.4) is 0 Å². The van der Waals surface area contributed by atoms with E-state index in [1.165, 1.54) is 4.90 Å². The van der Waals surface area contributed by atoms with Crippen LogP contribution in [0.2, 0.25) is 0 Å². The minimum Gasteiger partial charge on any atom is -0.444 e. The van der Waals surface area contributed by atoms with Gasteiger partial charge in [0.1, 0.15) is 18.2 Å². The summed E-state index contributed by atoms with van der Waals surface area (Å²) < 4.78 is 5.16. The fourth-order valence-electron chi connectivity index (χ4n) is 3.09. The molecule has 3 N–H and O–H groups in total. The Labute approximate surface area is 188 Å². The molecule has 3 amide bonds. The standard InChI is InChI=1S/C24H31N3O5/c1-17-10-8-9-13-19(17)26-22(30)21(18-11-6-5-7-12-18)27(14-15-28)20(29)16-25-23(31)32-24(2,3)4/h5-13,21,28H,14-16H2,1-4H3,(H,25,31)(H,26,30). The van der Waals surface area contributed by atoms with Crippen molar-refractivity contribution in [1.29, 1.82) is 0 Å². The second-order valence-corrected chi connectivity index (χ2v) is 8.28. The fourth-order valence-corrected chi connectivity index (χ4v) is 3.09. The zero-order chi connectivity index (χ0) is 23.7. The smallest absolute Gasteiger partial charge is 0.408 e. The second-order valence-electron chi connectivity index (χ2n) is 8.28. The van der Waals surface area contributed by atoms with Gasteiger partial charge in [0.05, 0.1) is 6.61 Å². The van der Waals surface area contributed by atoms with E-state index in [1.54, 1.807) is 51.1 Å². The highest BCUT2D eigenvalue weighted by atomic mass is 16.6. The Hall–Kier alpha value is -3.39. The lowest BCUT2D eigenvalue weighted by Gasteiger charge is -2.31. The van der Waals surface area contributed by atoms with Crippen LogP contribution in [0.25, 0.3) is 0 Å². The molecule has 0 aliphatic carbocycles. The summed E-state index contributed by atoms with van der Waals surface area (Å²) >= 11 is 0. The van der Waals surface area contributed by atoms with E-state index in [0.717, 1.165) is 5.56 Å². The number of alkyl carbamates (subject to hydrolysis) is 1. The first-order chi connectivity index (χ1) is 15.1. The molecule has 8 nitrogen and oxygen atoms in total. The van der Waals surface area contributed by atoms with Crippen molar-refractivity contribution in [1.82, 2.24) is 10.2 Å². The third-order valence-electron chi connectivity index (χ3n) is 4.52. The van der Waals surface area contributed by atoms with E-state index in [4.69, 9.17) is 4.74 Å². The number of hydrogen-bond acceptors (Lipinski definition) is 5. The number of nitrogens with zero attached hydrogens (tertiary/aromatic N) is 1. The predicted molar refractivity (Wildman–Crippen MR) is 122 cm³/mol. The van der Waals surface area contributed by atoms with Crippen LogP contribution >= 0.6 is 0 Å². The number of benzene rings is 2. The summed E-state index contributed by atoms with van der Waals surface area (Å²) in [6.45, 7) is 6.20. The topological polar surface area (TPSA) is 108 Å². The average Bonchev–Trinajstić information content (AvgIpc) is 2.73. The van der Waals surface area contributed by atoms with Gasteiger partial charge in [-0.25, -0.2) is 4.79 Å². The Balaban J connectivity index is 2.27. The summed E-state index contributed by atoms with van der Waals surface area (Å²) in [7, 11) is 0. The van der Waals surface area contributed by atoms with Gasteiger partial charge in [0.2, 0.25) is 5.91 Å². The third kappa shape index (κ3) is 7.39. The highest BCUT2D eigenvalue weighted by molar-refractivity contribution is 5.98. The van der Waals surface area contributed by atoms with Crippen molar-refractivity contribution in [2.75, 3.05) is 25.0 Å². The Morgan fingerprint density at radius 3 is 2.25 bits per heavy atom. The van der Waals surface area contributed by atoms with Crippen LogP contribution in [0.5, 0.6) is 0 Å². The molecule has 0 saturated heterocycles. The number of nitrogens with one attached hydrogen (secondary N) is 2. The van der Waals surface area contributed by atoms with Gasteiger partial charge in [-0.15, -0.1) is 0 Å². The number of aryl methyl sites for hydroxylation is 1. The molecule has 0 aliphatic rings. The Morgan fingerprint density at radius 2 is 1.66 bits per heavy atom.